The Balaban J connectivity index is 1.78. The van der Waals surface area contributed by atoms with E-state index in [1.807, 2.05) is 24.3 Å². The minimum absolute atomic E-state index is 0.324. The van der Waals surface area contributed by atoms with Crippen molar-refractivity contribution in [2.75, 3.05) is 18.5 Å². The lowest BCUT2D eigenvalue weighted by atomic mass is 9.83. The van der Waals surface area contributed by atoms with Crippen LogP contribution in [0.5, 0.6) is 0 Å². The van der Waals surface area contributed by atoms with Crippen LogP contribution < -0.4 is 10.6 Å². The van der Waals surface area contributed by atoms with Crippen LogP contribution >= 0.6 is 11.6 Å². The van der Waals surface area contributed by atoms with Crippen LogP contribution in [0.2, 0.25) is 5.02 Å². The van der Waals surface area contributed by atoms with Crippen LogP contribution in [0.25, 0.3) is 0 Å². The molecule has 23 heavy (non-hydrogen) atoms. The standard InChI is InChI=1S/C16H18ClN3O3/c1-11-10-14(20-23-11)18-15(21)19-16(6-8-22-9-7-16)12-2-4-13(17)5-3-12/h2-5,10H,6-9H2,1H3,(H2,18,19,20,21). The quantitative estimate of drug-likeness (QED) is 0.900. The normalized spacial score (nSPS) is 16.8. The summed E-state index contributed by atoms with van der Waals surface area (Å²) in [6.07, 6.45) is 1.39. The zero-order chi connectivity index (χ0) is 16.3. The number of rotatable bonds is 3. The summed E-state index contributed by atoms with van der Waals surface area (Å²) in [5.41, 5.74) is 0.530. The first-order valence-corrected chi connectivity index (χ1v) is 7.81. The number of hydrogen-bond donors (Lipinski definition) is 2. The van der Waals surface area contributed by atoms with E-state index in [1.165, 1.54) is 0 Å². The summed E-state index contributed by atoms with van der Waals surface area (Å²) in [6, 6.07) is 8.87. The van der Waals surface area contributed by atoms with Gasteiger partial charge in [-0.3, -0.25) is 5.32 Å². The van der Waals surface area contributed by atoms with Crippen molar-refractivity contribution in [3.05, 3.63) is 46.7 Å². The molecule has 2 heterocycles. The summed E-state index contributed by atoms with van der Waals surface area (Å²) < 4.78 is 10.4. The van der Waals surface area contributed by atoms with E-state index in [9.17, 15) is 4.79 Å². The van der Waals surface area contributed by atoms with Crippen LogP contribution in [0.3, 0.4) is 0 Å². The largest absolute Gasteiger partial charge is 0.381 e. The molecule has 1 aliphatic rings. The molecule has 6 nitrogen and oxygen atoms in total. The fourth-order valence-corrected chi connectivity index (χ4v) is 2.89. The second-order valence-corrected chi connectivity index (χ2v) is 6.04. The maximum absolute atomic E-state index is 12.4. The van der Waals surface area contributed by atoms with Gasteiger partial charge in [0.25, 0.3) is 0 Å². The molecule has 2 N–H and O–H groups in total. The van der Waals surface area contributed by atoms with Crippen molar-refractivity contribution >= 4 is 23.4 Å². The molecule has 0 spiro atoms. The molecular formula is C16H18ClN3O3. The third kappa shape index (κ3) is 3.65. The Morgan fingerprint density at radius 1 is 1.26 bits per heavy atom. The second-order valence-electron chi connectivity index (χ2n) is 5.60. The molecule has 2 amide bonds. The number of amides is 2. The number of carbonyl (C=O) groups excluding carboxylic acids is 1. The van der Waals surface area contributed by atoms with Gasteiger partial charge in [0.1, 0.15) is 5.76 Å². The number of ether oxygens (including phenoxy) is 1. The Morgan fingerprint density at radius 2 is 1.96 bits per heavy atom. The number of aromatic nitrogens is 1. The summed E-state index contributed by atoms with van der Waals surface area (Å²) in [5.74, 6) is 1.03. The van der Waals surface area contributed by atoms with E-state index < -0.39 is 5.54 Å². The van der Waals surface area contributed by atoms with Gasteiger partial charge in [0, 0.05) is 24.3 Å². The number of nitrogens with one attached hydrogen (secondary N) is 2. The molecule has 0 unspecified atom stereocenters. The molecule has 0 radical (unpaired) electrons. The van der Waals surface area contributed by atoms with E-state index >= 15 is 0 Å². The first-order valence-electron chi connectivity index (χ1n) is 7.44. The van der Waals surface area contributed by atoms with Crippen LogP contribution in [0.4, 0.5) is 10.6 Å². The summed E-state index contributed by atoms with van der Waals surface area (Å²) in [7, 11) is 0. The van der Waals surface area contributed by atoms with E-state index in [2.05, 4.69) is 15.8 Å². The minimum Gasteiger partial charge on any atom is -0.381 e. The summed E-state index contributed by atoms with van der Waals surface area (Å²) in [6.45, 7) is 2.95. The lowest BCUT2D eigenvalue weighted by molar-refractivity contribution is 0.0418. The molecule has 1 aliphatic heterocycles. The number of urea groups is 1. The van der Waals surface area contributed by atoms with Crippen LogP contribution in [-0.2, 0) is 10.3 Å². The third-order valence-electron chi connectivity index (χ3n) is 3.97. The fraction of sp³-hybridized carbons (Fsp3) is 0.375. The minimum atomic E-state index is -0.480. The van der Waals surface area contributed by atoms with Gasteiger partial charge in [-0.15, -0.1) is 0 Å². The van der Waals surface area contributed by atoms with Crippen LogP contribution in [0, 0.1) is 6.92 Å². The van der Waals surface area contributed by atoms with Crippen LogP contribution in [0.15, 0.2) is 34.9 Å². The highest BCUT2D eigenvalue weighted by molar-refractivity contribution is 6.30. The molecule has 0 saturated carbocycles. The number of anilines is 1. The first-order chi connectivity index (χ1) is 11.1. The number of nitrogens with zero attached hydrogens (tertiary/aromatic N) is 1. The fourth-order valence-electron chi connectivity index (χ4n) is 2.76. The molecule has 0 aliphatic carbocycles. The molecule has 3 rings (SSSR count). The Bertz CT molecular complexity index is 678. The van der Waals surface area contributed by atoms with Crippen LogP contribution in [-0.4, -0.2) is 24.4 Å². The molecule has 1 saturated heterocycles. The van der Waals surface area contributed by atoms with Crippen molar-refractivity contribution in [1.29, 1.82) is 0 Å². The smallest absolute Gasteiger partial charge is 0.321 e. The van der Waals surface area contributed by atoms with Crippen molar-refractivity contribution in [2.24, 2.45) is 0 Å². The molecule has 0 bridgehead atoms. The Kier molecular flexibility index (Phi) is 4.54. The van der Waals surface area contributed by atoms with Gasteiger partial charge in [0.05, 0.1) is 5.54 Å². The zero-order valence-corrected chi connectivity index (χ0v) is 13.5. The summed E-state index contributed by atoms with van der Waals surface area (Å²) >= 11 is 5.97. The molecule has 1 aromatic heterocycles. The van der Waals surface area contributed by atoms with Crippen molar-refractivity contribution < 1.29 is 14.1 Å². The van der Waals surface area contributed by atoms with E-state index in [0.29, 0.717) is 42.7 Å². The molecule has 1 aromatic carbocycles. The molecular weight excluding hydrogens is 318 g/mol. The zero-order valence-electron chi connectivity index (χ0n) is 12.8. The number of hydrogen-bond acceptors (Lipinski definition) is 4. The molecule has 1 fully saturated rings. The average Bonchev–Trinajstić information content (AvgIpc) is 2.93. The lowest BCUT2D eigenvalue weighted by Crippen LogP contribution is -2.50. The van der Waals surface area contributed by atoms with Crippen LogP contribution in [0.1, 0.15) is 24.2 Å². The third-order valence-corrected chi connectivity index (χ3v) is 4.22. The highest BCUT2D eigenvalue weighted by Crippen LogP contribution is 2.33. The second kappa shape index (κ2) is 6.60. The van der Waals surface area contributed by atoms with Gasteiger partial charge in [-0.2, -0.15) is 0 Å². The van der Waals surface area contributed by atoms with Gasteiger partial charge in [0.2, 0.25) is 0 Å². The van der Waals surface area contributed by atoms with E-state index in [4.69, 9.17) is 20.9 Å². The number of carbonyl (C=O) groups is 1. The first kappa shape index (κ1) is 15.8. The van der Waals surface area contributed by atoms with Crippen molar-refractivity contribution in [3.8, 4) is 0 Å². The summed E-state index contributed by atoms with van der Waals surface area (Å²) in [4.78, 5) is 12.4. The maximum Gasteiger partial charge on any atom is 0.321 e. The van der Waals surface area contributed by atoms with Gasteiger partial charge < -0.3 is 14.6 Å². The maximum atomic E-state index is 12.4. The number of aryl methyl sites for hydroxylation is 1. The Morgan fingerprint density at radius 3 is 2.57 bits per heavy atom. The predicted octanol–water partition coefficient (Wildman–Crippen LogP) is 3.46. The van der Waals surface area contributed by atoms with Crippen molar-refractivity contribution in [2.45, 2.75) is 25.3 Å². The summed E-state index contributed by atoms with van der Waals surface area (Å²) in [5, 5.41) is 10.2. The molecule has 2 aromatic rings. The van der Waals surface area contributed by atoms with E-state index in [-0.39, 0.29) is 6.03 Å². The molecule has 7 heteroatoms. The average molecular weight is 336 g/mol. The van der Waals surface area contributed by atoms with Crippen molar-refractivity contribution in [3.63, 3.8) is 0 Å². The molecule has 0 atom stereocenters. The van der Waals surface area contributed by atoms with Gasteiger partial charge in [-0.1, -0.05) is 28.9 Å². The molecule has 122 valence electrons. The van der Waals surface area contributed by atoms with Gasteiger partial charge in [0.15, 0.2) is 5.82 Å². The topological polar surface area (TPSA) is 76.4 Å². The number of halogens is 1. The van der Waals surface area contributed by atoms with Crippen molar-refractivity contribution in [1.82, 2.24) is 10.5 Å². The van der Waals surface area contributed by atoms with Gasteiger partial charge in [-0.05, 0) is 37.5 Å². The highest BCUT2D eigenvalue weighted by atomic mass is 35.5. The monoisotopic (exact) mass is 335 g/mol. The lowest BCUT2D eigenvalue weighted by Gasteiger charge is -2.38. The van der Waals surface area contributed by atoms with E-state index in [1.54, 1.807) is 13.0 Å². The van der Waals surface area contributed by atoms with Gasteiger partial charge in [-0.25, -0.2) is 4.79 Å². The number of benzene rings is 1. The van der Waals surface area contributed by atoms with E-state index in [0.717, 1.165) is 5.56 Å². The SMILES string of the molecule is Cc1cc(NC(=O)NC2(c3ccc(Cl)cc3)CCOCC2)no1. The predicted molar refractivity (Wildman–Crippen MR) is 86.6 cm³/mol. The highest BCUT2D eigenvalue weighted by Gasteiger charge is 2.36. The Labute approximate surface area is 139 Å². The Hall–Kier alpha value is -2.05. The van der Waals surface area contributed by atoms with Gasteiger partial charge >= 0.3 is 6.03 Å².